The Morgan fingerprint density at radius 3 is 2.67 bits per heavy atom. The maximum Gasteiger partial charge on any atom is 0.406 e. The van der Waals surface area contributed by atoms with Crippen molar-refractivity contribution >= 4 is 59.3 Å². The lowest BCUT2D eigenvalue weighted by Crippen LogP contribution is -2.40. The molecule has 242 valence electrons. The van der Waals surface area contributed by atoms with Crippen LogP contribution in [0.2, 0.25) is 0 Å². The van der Waals surface area contributed by atoms with Gasteiger partial charge in [0.15, 0.2) is 22.5 Å². The molecule has 0 saturated carbocycles. The maximum atomic E-state index is 13.8. The van der Waals surface area contributed by atoms with E-state index in [2.05, 4.69) is 20.0 Å². The fourth-order valence-corrected chi connectivity index (χ4v) is 6.63. The summed E-state index contributed by atoms with van der Waals surface area (Å²) < 4.78 is 37.4. The van der Waals surface area contributed by atoms with Crippen molar-refractivity contribution in [3.8, 4) is 0 Å². The first-order valence-electron chi connectivity index (χ1n) is 13.3. The van der Waals surface area contributed by atoms with Crippen LogP contribution < -0.4 is 16.4 Å². The minimum Gasteiger partial charge on any atom is -0.462 e. The summed E-state index contributed by atoms with van der Waals surface area (Å²) in [4.78, 5) is 45.9. The number of halogens is 1. The number of rotatable bonds is 14. The van der Waals surface area contributed by atoms with Crippen molar-refractivity contribution in [2.75, 3.05) is 31.3 Å². The molecule has 3 rings (SSSR count). The number of fused-ring (bicyclic) bond motifs is 1. The highest BCUT2D eigenvalue weighted by molar-refractivity contribution is 8.13. The summed E-state index contributed by atoms with van der Waals surface area (Å²) in [6.07, 6.45) is -2.83. The van der Waals surface area contributed by atoms with E-state index < -0.39 is 66.8 Å². The molecule has 0 amide bonds. The molecule has 2 aromatic rings. The van der Waals surface area contributed by atoms with Gasteiger partial charge in [-0.3, -0.25) is 33.0 Å². The smallest absolute Gasteiger partial charge is 0.406 e. The molecule has 1 saturated heterocycles. The van der Waals surface area contributed by atoms with Crippen LogP contribution in [0.1, 0.15) is 47.8 Å². The van der Waals surface area contributed by atoms with Crippen LogP contribution in [0.15, 0.2) is 11.1 Å². The number of carbonyl (C=O) groups is 2. The Morgan fingerprint density at radius 1 is 1.37 bits per heavy atom. The van der Waals surface area contributed by atoms with Crippen LogP contribution in [0.5, 0.6) is 0 Å². The van der Waals surface area contributed by atoms with E-state index in [4.69, 9.17) is 35.9 Å². The van der Waals surface area contributed by atoms with Gasteiger partial charge in [0.25, 0.3) is 5.56 Å². The van der Waals surface area contributed by atoms with Gasteiger partial charge in [0, 0.05) is 5.75 Å². The van der Waals surface area contributed by atoms with Gasteiger partial charge in [-0.05, 0) is 41.5 Å². The lowest BCUT2D eigenvalue weighted by Gasteiger charge is -2.26. The van der Waals surface area contributed by atoms with Gasteiger partial charge in [0.05, 0.1) is 37.7 Å². The summed E-state index contributed by atoms with van der Waals surface area (Å²) >= 11 is 7.58. The highest BCUT2D eigenvalue weighted by Gasteiger charge is 2.54. The van der Waals surface area contributed by atoms with Crippen LogP contribution in [0, 0.1) is 5.41 Å². The number of nitrogen functional groups attached to an aromatic ring is 1. The average Bonchev–Trinajstić information content (AvgIpc) is 3.42. The minimum absolute atomic E-state index is 0.0254. The quantitative estimate of drug-likeness (QED) is 0.0827. The molecule has 43 heavy (non-hydrogen) atoms. The van der Waals surface area contributed by atoms with Crippen LogP contribution in [0.3, 0.4) is 0 Å². The Balaban J connectivity index is 1.76. The number of thioether (sulfide) groups is 1. The number of carbonyl (C=O) groups excluding carboxylic acids is 2. The number of aromatic amines is 1. The van der Waals surface area contributed by atoms with Crippen LogP contribution in [0.25, 0.3) is 11.2 Å². The van der Waals surface area contributed by atoms with Crippen molar-refractivity contribution in [3.05, 3.63) is 16.7 Å². The predicted molar refractivity (Wildman–Crippen MR) is 158 cm³/mol. The second-order valence-corrected chi connectivity index (χ2v) is 14.7. The minimum atomic E-state index is -4.29. The Kier molecular flexibility index (Phi) is 11.5. The third-order valence-electron chi connectivity index (χ3n) is 6.41. The monoisotopic (exact) mass is 668 g/mol. The van der Waals surface area contributed by atoms with E-state index in [1.807, 2.05) is 0 Å². The summed E-state index contributed by atoms with van der Waals surface area (Å²) in [5.74, 6) is -0.811. The second-order valence-electron chi connectivity index (χ2n) is 11.0. The first-order valence-corrected chi connectivity index (χ1v) is 16.2. The predicted octanol–water partition coefficient (Wildman–Crippen LogP) is 1.31. The van der Waals surface area contributed by atoms with E-state index >= 15 is 0 Å². The molecule has 3 heterocycles. The Morgan fingerprint density at radius 2 is 2.05 bits per heavy atom. The zero-order chi connectivity index (χ0) is 32.3. The summed E-state index contributed by atoms with van der Waals surface area (Å²) in [7, 11) is -4.29. The van der Waals surface area contributed by atoms with Gasteiger partial charge in [-0.1, -0.05) is 11.8 Å². The number of esters is 1. The molecule has 2 aromatic heterocycles. The van der Waals surface area contributed by atoms with Gasteiger partial charge in [-0.2, -0.15) is 4.98 Å². The number of aliphatic hydroxyl groups excluding tert-OH is 2. The number of hydrogen-bond acceptors (Lipinski definition) is 14. The summed E-state index contributed by atoms with van der Waals surface area (Å²) in [5, 5.41) is 22.7. The second kappa shape index (κ2) is 13.9. The fraction of sp³-hybridized carbons (Fsp3) is 0.708. The summed E-state index contributed by atoms with van der Waals surface area (Å²) in [6.45, 7) is 8.28. The van der Waals surface area contributed by atoms with Gasteiger partial charge >= 0.3 is 13.7 Å². The molecule has 1 unspecified atom stereocenters. The van der Waals surface area contributed by atoms with Gasteiger partial charge < -0.3 is 25.4 Å². The number of aliphatic hydroxyl groups is 2. The highest BCUT2D eigenvalue weighted by atomic mass is 35.5. The SMILES string of the molecule is CC(C)OC(=O)[C@@H](C)NP(=O)(OCCSC(=O)C(C)(C)CO)OC[C@H]1O[C@@H](n2cnc3c(=O)[nH]c(N)nc32)[C@](C)(Cl)[C@@H]1O. The molecule has 6 N–H and O–H groups in total. The largest absolute Gasteiger partial charge is 0.462 e. The first kappa shape index (κ1) is 35.4. The highest BCUT2D eigenvalue weighted by Crippen LogP contribution is 2.48. The lowest BCUT2D eigenvalue weighted by atomic mass is 9.97. The molecule has 16 nitrogen and oxygen atoms in total. The van der Waals surface area contributed by atoms with Crippen molar-refractivity contribution in [2.45, 2.75) is 77.0 Å². The Bertz CT molecular complexity index is 1420. The lowest BCUT2D eigenvalue weighted by molar-refractivity contribution is -0.149. The zero-order valence-corrected chi connectivity index (χ0v) is 27.1. The van der Waals surface area contributed by atoms with E-state index in [1.54, 1.807) is 27.7 Å². The molecule has 0 aromatic carbocycles. The number of hydrogen-bond donors (Lipinski definition) is 5. The van der Waals surface area contributed by atoms with E-state index in [1.165, 1.54) is 24.7 Å². The van der Waals surface area contributed by atoms with Crippen LogP contribution >= 0.6 is 31.1 Å². The number of H-pyrrole nitrogens is 1. The Labute approximate surface area is 256 Å². The molecule has 0 bridgehead atoms. The molecule has 0 radical (unpaired) electrons. The molecule has 1 aliphatic heterocycles. The molecule has 6 atom stereocenters. The number of alkyl halides is 1. The van der Waals surface area contributed by atoms with Crippen molar-refractivity contribution in [2.24, 2.45) is 5.41 Å². The normalized spacial score (nSPS) is 24.7. The summed E-state index contributed by atoms with van der Waals surface area (Å²) in [6, 6.07) is -1.12. The molecule has 1 aliphatic rings. The molecular formula is C24H38ClN6O10PS. The van der Waals surface area contributed by atoms with Crippen LogP contribution in [0.4, 0.5) is 5.95 Å². The van der Waals surface area contributed by atoms with E-state index in [0.717, 1.165) is 11.8 Å². The fourth-order valence-electron chi connectivity index (χ4n) is 3.92. The third kappa shape index (κ3) is 8.35. The van der Waals surface area contributed by atoms with Crippen molar-refractivity contribution < 1.29 is 42.9 Å². The topological polar surface area (TPSA) is 230 Å². The zero-order valence-electron chi connectivity index (χ0n) is 24.6. The number of anilines is 1. The van der Waals surface area contributed by atoms with E-state index in [9.17, 15) is 29.2 Å². The van der Waals surface area contributed by atoms with Gasteiger partial charge in [-0.15, -0.1) is 11.6 Å². The standard InChI is InChI=1S/C24H38ClN6O10PS/c1-12(2)40-19(35)13(3)30-42(37,38-7-8-43-21(36)23(4,5)10-32)39-9-14-16(33)24(6,25)20(41-14)31-11-27-15-17(31)28-22(26)29-18(15)34/h11-14,16,20,32-33H,7-10H2,1-6H3,(H,30,37)(H3,26,28,29,34)/t13-,14-,16-,20-,24-,42?/m1/s1. The van der Waals surface area contributed by atoms with E-state index in [0.29, 0.717) is 0 Å². The number of nitrogens with one attached hydrogen (secondary N) is 2. The molecule has 19 heteroatoms. The number of imidazole rings is 1. The molecular weight excluding hydrogens is 631 g/mol. The first-order chi connectivity index (χ1) is 19.9. The molecule has 0 aliphatic carbocycles. The van der Waals surface area contributed by atoms with Gasteiger partial charge in [0.1, 0.15) is 23.1 Å². The van der Waals surface area contributed by atoms with Crippen molar-refractivity contribution in [1.29, 1.82) is 0 Å². The third-order valence-corrected chi connectivity index (χ3v) is 9.72. The van der Waals surface area contributed by atoms with Crippen molar-refractivity contribution in [3.63, 3.8) is 0 Å². The van der Waals surface area contributed by atoms with Crippen LogP contribution in [-0.2, 0) is 32.7 Å². The number of aromatic nitrogens is 4. The van der Waals surface area contributed by atoms with E-state index in [-0.39, 0.29) is 41.2 Å². The van der Waals surface area contributed by atoms with Gasteiger partial charge in [0.2, 0.25) is 5.95 Å². The Hall–Kier alpha value is -2.08. The summed E-state index contributed by atoms with van der Waals surface area (Å²) in [5.41, 5.74) is 4.17. The number of ether oxygens (including phenoxy) is 2. The average molecular weight is 669 g/mol. The molecule has 0 spiro atoms. The number of nitrogens with zero attached hydrogens (tertiary/aromatic N) is 3. The van der Waals surface area contributed by atoms with Crippen LogP contribution in [-0.4, -0.2) is 95.6 Å². The maximum absolute atomic E-state index is 13.8. The van der Waals surface area contributed by atoms with Gasteiger partial charge in [-0.25, -0.2) is 14.6 Å². The molecule has 1 fully saturated rings. The van der Waals surface area contributed by atoms with Crippen molar-refractivity contribution in [1.82, 2.24) is 24.6 Å². The number of nitrogens with two attached hydrogens (primary N) is 1.